The van der Waals surface area contributed by atoms with Crippen LogP contribution >= 0.6 is 30.6 Å². The van der Waals surface area contributed by atoms with Gasteiger partial charge in [-0.2, -0.15) is 0 Å². The van der Waals surface area contributed by atoms with Gasteiger partial charge in [0.15, 0.2) is 0 Å². The van der Waals surface area contributed by atoms with Crippen molar-refractivity contribution < 1.29 is 9.49 Å². The highest BCUT2D eigenvalue weighted by atomic mass is 35.5. The number of nitrogens with one attached hydrogen (secondary N) is 2. The topological polar surface area (TPSA) is 84.3 Å². The largest absolute Gasteiger partial charge is 0.317 e. The Labute approximate surface area is 165 Å². The van der Waals surface area contributed by atoms with Gasteiger partial charge in [-0.3, -0.25) is 14.7 Å². The summed E-state index contributed by atoms with van der Waals surface area (Å²) >= 11 is 12.0. The Bertz CT molecular complexity index is 977. The van der Waals surface area contributed by atoms with Crippen LogP contribution in [-0.4, -0.2) is 4.92 Å². The van der Waals surface area contributed by atoms with Crippen molar-refractivity contribution in [3.8, 4) is 0 Å². The molecule has 0 amide bonds. The van der Waals surface area contributed by atoms with Crippen LogP contribution in [0.5, 0.6) is 0 Å². The van der Waals surface area contributed by atoms with Crippen LogP contribution in [0, 0.1) is 10.1 Å². The lowest BCUT2D eigenvalue weighted by Crippen LogP contribution is -2.18. The highest BCUT2D eigenvalue weighted by molar-refractivity contribution is 7.74. The van der Waals surface area contributed by atoms with Gasteiger partial charge in [0.2, 0.25) is 0 Å². The maximum Gasteiger partial charge on any atom is 0.287 e. The normalized spacial score (nSPS) is 11.0. The van der Waals surface area contributed by atoms with Gasteiger partial charge in [0.25, 0.3) is 13.1 Å². The summed E-state index contributed by atoms with van der Waals surface area (Å²) in [5, 5.41) is 18.2. The molecule has 0 saturated heterocycles. The number of nitro groups is 1. The van der Waals surface area contributed by atoms with Gasteiger partial charge < -0.3 is 10.2 Å². The first-order valence-corrected chi connectivity index (χ1v) is 10.2. The monoisotopic (exact) mass is 421 g/mol. The number of rotatable bonds is 6. The SMILES string of the molecule is O=[N+]([O-])c1ccc(P(=O)(Nc2cccc(Cl)c2)Nc2cccc(Cl)c2)cc1. The third-order valence-electron chi connectivity index (χ3n) is 3.65. The van der Waals surface area contributed by atoms with Crippen LogP contribution in [0.3, 0.4) is 0 Å². The molecule has 27 heavy (non-hydrogen) atoms. The lowest BCUT2D eigenvalue weighted by molar-refractivity contribution is -0.384. The number of anilines is 2. The molecule has 0 unspecified atom stereocenters. The summed E-state index contributed by atoms with van der Waals surface area (Å²) in [6.45, 7) is 0. The fraction of sp³-hybridized carbons (Fsp3) is 0. The van der Waals surface area contributed by atoms with E-state index in [9.17, 15) is 14.7 Å². The zero-order valence-electron chi connectivity index (χ0n) is 13.8. The van der Waals surface area contributed by atoms with Crippen LogP contribution in [0.2, 0.25) is 10.0 Å². The van der Waals surface area contributed by atoms with Crippen LogP contribution in [0.4, 0.5) is 17.1 Å². The van der Waals surface area contributed by atoms with Crippen molar-refractivity contribution in [1.82, 2.24) is 0 Å². The van der Waals surface area contributed by atoms with E-state index in [2.05, 4.69) is 10.2 Å². The van der Waals surface area contributed by atoms with E-state index in [0.29, 0.717) is 26.7 Å². The Morgan fingerprint density at radius 1 is 0.815 bits per heavy atom. The van der Waals surface area contributed by atoms with Gasteiger partial charge in [-0.05, 0) is 48.5 Å². The molecule has 3 aromatic carbocycles. The predicted molar refractivity (Wildman–Crippen MR) is 110 cm³/mol. The summed E-state index contributed by atoms with van der Waals surface area (Å²) in [7, 11) is -3.45. The van der Waals surface area contributed by atoms with E-state index in [-0.39, 0.29) is 5.69 Å². The first kappa shape index (κ1) is 19.2. The Morgan fingerprint density at radius 3 is 1.70 bits per heavy atom. The van der Waals surface area contributed by atoms with Crippen molar-refractivity contribution in [2.24, 2.45) is 0 Å². The van der Waals surface area contributed by atoms with Gasteiger partial charge >= 0.3 is 0 Å². The fourth-order valence-electron chi connectivity index (χ4n) is 2.42. The molecule has 0 radical (unpaired) electrons. The Hall–Kier alpha value is -2.53. The van der Waals surface area contributed by atoms with Gasteiger partial charge in [-0.15, -0.1) is 0 Å². The molecule has 0 bridgehead atoms. The highest BCUT2D eigenvalue weighted by Crippen LogP contribution is 2.45. The minimum absolute atomic E-state index is 0.0872. The molecule has 0 atom stereocenters. The van der Waals surface area contributed by atoms with E-state index < -0.39 is 12.4 Å². The van der Waals surface area contributed by atoms with Crippen LogP contribution < -0.4 is 15.5 Å². The van der Waals surface area contributed by atoms with Gasteiger partial charge in [-0.1, -0.05) is 35.3 Å². The average molecular weight is 422 g/mol. The molecule has 0 aliphatic rings. The average Bonchev–Trinajstić information content (AvgIpc) is 2.61. The highest BCUT2D eigenvalue weighted by Gasteiger charge is 2.26. The molecule has 3 rings (SSSR count). The van der Waals surface area contributed by atoms with Crippen molar-refractivity contribution >= 4 is 53.0 Å². The van der Waals surface area contributed by atoms with Crippen molar-refractivity contribution in [3.63, 3.8) is 0 Å². The summed E-state index contributed by atoms with van der Waals surface area (Å²) in [6.07, 6.45) is 0. The second-order valence-corrected chi connectivity index (χ2v) is 8.68. The molecular weight excluding hydrogens is 408 g/mol. The molecule has 0 heterocycles. The third kappa shape index (κ3) is 4.80. The van der Waals surface area contributed by atoms with Crippen LogP contribution in [-0.2, 0) is 4.57 Å². The van der Waals surface area contributed by atoms with E-state index in [0.717, 1.165) is 0 Å². The third-order valence-corrected chi connectivity index (χ3v) is 6.29. The van der Waals surface area contributed by atoms with E-state index in [1.54, 1.807) is 48.5 Å². The van der Waals surface area contributed by atoms with E-state index >= 15 is 0 Å². The van der Waals surface area contributed by atoms with E-state index in [1.807, 2.05) is 0 Å². The Kier molecular flexibility index (Phi) is 5.71. The van der Waals surface area contributed by atoms with Gasteiger partial charge in [0.1, 0.15) is 0 Å². The first-order valence-electron chi connectivity index (χ1n) is 7.78. The number of hydrogen-bond donors (Lipinski definition) is 2. The zero-order chi connectivity index (χ0) is 19.4. The number of nitrogens with zero attached hydrogens (tertiary/aromatic N) is 1. The lowest BCUT2D eigenvalue weighted by Gasteiger charge is -2.23. The molecular formula is C18H14Cl2N3O3P. The van der Waals surface area contributed by atoms with Crippen molar-refractivity contribution in [3.05, 3.63) is 93.0 Å². The summed E-state index contributed by atoms with van der Waals surface area (Å²) in [5.41, 5.74) is 0.994. The number of nitro benzene ring substituents is 1. The molecule has 6 nitrogen and oxygen atoms in total. The van der Waals surface area contributed by atoms with E-state index in [4.69, 9.17) is 23.2 Å². The molecule has 0 aromatic heterocycles. The molecule has 0 fully saturated rings. The second kappa shape index (κ2) is 8.01. The number of non-ortho nitro benzene ring substituents is 1. The second-order valence-electron chi connectivity index (χ2n) is 5.63. The molecule has 0 saturated carbocycles. The zero-order valence-corrected chi connectivity index (χ0v) is 16.2. The molecule has 0 spiro atoms. The molecule has 2 N–H and O–H groups in total. The molecule has 0 aliphatic heterocycles. The number of benzene rings is 3. The quantitative estimate of drug-likeness (QED) is 0.292. The van der Waals surface area contributed by atoms with Gasteiger partial charge in [-0.25, -0.2) is 0 Å². The maximum absolute atomic E-state index is 13.8. The lowest BCUT2D eigenvalue weighted by atomic mass is 10.3. The van der Waals surface area contributed by atoms with Crippen molar-refractivity contribution in [2.45, 2.75) is 0 Å². The first-order chi connectivity index (χ1) is 12.9. The van der Waals surface area contributed by atoms with Crippen molar-refractivity contribution in [2.75, 3.05) is 10.2 Å². The molecule has 9 heteroatoms. The fourth-order valence-corrected chi connectivity index (χ4v) is 4.69. The van der Waals surface area contributed by atoms with Crippen molar-refractivity contribution in [1.29, 1.82) is 0 Å². The smallest absolute Gasteiger partial charge is 0.287 e. The van der Waals surface area contributed by atoms with Crippen LogP contribution in [0.1, 0.15) is 0 Å². The minimum Gasteiger partial charge on any atom is -0.317 e. The minimum atomic E-state index is -3.45. The maximum atomic E-state index is 13.8. The summed E-state index contributed by atoms with van der Waals surface area (Å²) < 4.78 is 13.8. The molecule has 0 aliphatic carbocycles. The molecule has 138 valence electrons. The van der Waals surface area contributed by atoms with Gasteiger partial charge in [0.05, 0.1) is 10.2 Å². The summed E-state index contributed by atoms with van der Waals surface area (Å²) in [4.78, 5) is 10.4. The van der Waals surface area contributed by atoms with E-state index in [1.165, 1.54) is 24.3 Å². The van der Waals surface area contributed by atoms with Crippen LogP contribution in [0.25, 0.3) is 0 Å². The number of halogens is 2. The Morgan fingerprint density at radius 2 is 1.30 bits per heavy atom. The molecule has 3 aromatic rings. The summed E-state index contributed by atoms with van der Waals surface area (Å²) in [5.74, 6) is 0. The van der Waals surface area contributed by atoms with Crippen LogP contribution in [0.15, 0.2) is 72.8 Å². The summed E-state index contributed by atoms with van der Waals surface area (Å²) in [6, 6.07) is 19.1. The standard InChI is InChI=1S/C18H14Cl2N3O3P/c19-13-3-1-5-15(11-13)21-27(26,22-16-6-2-4-14(20)12-16)18-9-7-17(8-10-18)23(24)25/h1-12H,(H2,21,22,26). The predicted octanol–water partition coefficient (Wildman–Crippen LogP) is 5.94. The van der Waals surface area contributed by atoms with Gasteiger partial charge in [0, 0.05) is 33.6 Å². The Balaban J connectivity index is 2.01. The number of hydrogen-bond acceptors (Lipinski definition) is 3.